The molecule has 1 aliphatic carbocycles. The molecule has 132 valence electrons. The van der Waals surface area contributed by atoms with E-state index in [0.29, 0.717) is 57.9 Å². The standard InChI is InChI=1S/C16H28N2O5/c1-3-18-13(11-17)21-12-15(14(19)20-4-2)5-7-16(8-6-15)22-9-10-23-16/h11,18H,3-10,12,17H2,1-2H3/b13-11+. The van der Waals surface area contributed by atoms with E-state index in [4.69, 9.17) is 24.7 Å². The first-order valence-electron chi connectivity index (χ1n) is 8.33. The molecule has 0 amide bonds. The van der Waals surface area contributed by atoms with Gasteiger partial charge in [-0.15, -0.1) is 0 Å². The van der Waals surface area contributed by atoms with Crippen molar-refractivity contribution in [2.24, 2.45) is 11.1 Å². The highest BCUT2D eigenvalue weighted by molar-refractivity contribution is 5.77. The monoisotopic (exact) mass is 328 g/mol. The van der Waals surface area contributed by atoms with Crippen molar-refractivity contribution in [1.82, 2.24) is 5.32 Å². The van der Waals surface area contributed by atoms with Crippen LogP contribution in [0.1, 0.15) is 39.5 Å². The van der Waals surface area contributed by atoms with Crippen LogP contribution in [0.5, 0.6) is 0 Å². The van der Waals surface area contributed by atoms with Crippen molar-refractivity contribution in [2.45, 2.75) is 45.3 Å². The SMILES string of the molecule is CCN/C(=C\N)OCC1(C(=O)OCC)CCC2(CC1)OCCO2. The van der Waals surface area contributed by atoms with Crippen molar-refractivity contribution < 1.29 is 23.7 Å². The largest absolute Gasteiger partial charge is 0.477 e. The van der Waals surface area contributed by atoms with Crippen molar-refractivity contribution >= 4 is 5.97 Å². The summed E-state index contributed by atoms with van der Waals surface area (Å²) >= 11 is 0. The van der Waals surface area contributed by atoms with E-state index in [2.05, 4.69) is 5.32 Å². The Morgan fingerprint density at radius 2 is 1.83 bits per heavy atom. The molecule has 0 bridgehead atoms. The molecule has 1 saturated heterocycles. The van der Waals surface area contributed by atoms with E-state index in [1.54, 1.807) is 0 Å². The fourth-order valence-corrected chi connectivity index (χ4v) is 3.13. The first-order valence-corrected chi connectivity index (χ1v) is 8.33. The van der Waals surface area contributed by atoms with Crippen LogP contribution in [-0.2, 0) is 23.7 Å². The molecule has 0 aromatic heterocycles. The van der Waals surface area contributed by atoms with E-state index in [9.17, 15) is 4.79 Å². The van der Waals surface area contributed by atoms with Crippen LogP contribution in [0.25, 0.3) is 0 Å². The summed E-state index contributed by atoms with van der Waals surface area (Å²) in [5.41, 5.74) is 4.86. The number of nitrogens with two attached hydrogens (primary N) is 1. The molecule has 2 aliphatic rings. The van der Waals surface area contributed by atoms with Crippen molar-refractivity contribution in [3.8, 4) is 0 Å². The van der Waals surface area contributed by atoms with Crippen LogP contribution in [0, 0.1) is 5.41 Å². The number of rotatable bonds is 7. The minimum Gasteiger partial charge on any atom is -0.477 e. The Balaban J connectivity index is 2.03. The van der Waals surface area contributed by atoms with Gasteiger partial charge in [-0.05, 0) is 26.7 Å². The van der Waals surface area contributed by atoms with Crippen LogP contribution < -0.4 is 11.1 Å². The fourth-order valence-electron chi connectivity index (χ4n) is 3.13. The molecule has 0 aromatic carbocycles. The minimum absolute atomic E-state index is 0.222. The molecule has 3 N–H and O–H groups in total. The van der Waals surface area contributed by atoms with Gasteiger partial charge < -0.3 is 30.0 Å². The number of carbonyl (C=O) groups is 1. The van der Waals surface area contributed by atoms with Crippen molar-refractivity contribution in [3.05, 3.63) is 12.1 Å². The second-order valence-corrected chi connectivity index (χ2v) is 5.96. The molecule has 7 nitrogen and oxygen atoms in total. The van der Waals surface area contributed by atoms with Gasteiger partial charge in [0.05, 0.1) is 26.0 Å². The summed E-state index contributed by atoms with van der Waals surface area (Å²) in [5.74, 6) is -0.268. The molecule has 0 radical (unpaired) electrons. The van der Waals surface area contributed by atoms with E-state index in [-0.39, 0.29) is 12.6 Å². The van der Waals surface area contributed by atoms with E-state index >= 15 is 0 Å². The molecule has 0 aromatic rings. The molecule has 0 atom stereocenters. The summed E-state index contributed by atoms with van der Waals surface area (Å²) in [6, 6.07) is 0. The highest BCUT2D eigenvalue weighted by Gasteiger charge is 2.51. The van der Waals surface area contributed by atoms with Gasteiger partial charge in [0.2, 0.25) is 5.88 Å². The normalized spacial score (nSPS) is 22.8. The van der Waals surface area contributed by atoms with Gasteiger partial charge in [0.25, 0.3) is 0 Å². The maximum absolute atomic E-state index is 12.5. The Bertz CT molecular complexity index is 422. The predicted octanol–water partition coefficient (Wildman–Crippen LogP) is 1.24. The van der Waals surface area contributed by atoms with Crippen molar-refractivity contribution in [2.75, 3.05) is 33.0 Å². The molecule has 1 spiro atoms. The summed E-state index contributed by atoms with van der Waals surface area (Å²) in [6.07, 6.45) is 3.91. The van der Waals surface area contributed by atoms with E-state index in [0.717, 1.165) is 0 Å². The Morgan fingerprint density at radius 3 is 2.35 bits per heavy atom. The molecular formula is C16H28N2O5. The van der Waals surface area contributed by atoms with Crippen LogP contribution >= 0.6 is 0 Å². The highest BCUT2D eigenvalue weighted by atomic mass is 16.7. The number of ether oxygens (including phenoxy) is 4. The minimum atomic E-state index is -0.680. The van der Waals surface area contributed by atoms with Gasteiger partial charge >= 0.3 is 5.97 Å². The smallest absolute Gasteiger partial charge is 0.315 e. The third-order valence-electron chi connectivity index (χ3n) is 4.50. The second-order valence-electron chi connectivity index (χ2n) is 5.96. The van der Waals surface area contributed by atoms with Gasteiger partial charge in [-0.3, -0.25) is 4.79 Å². The summed E-state index contributed by atoms with van der Waals surface area (Å²) in [4.78, 5) is 12.5. The van der Waals surface area contributed by atoms with Gasteiger partial charge in [0.15, 0.2) is 5.79 Å². The quantitative estimate of drug-likeness (QED) is 0.536. The lowest BCUT2D eigenvalue weighted by atomic mass is 9.72. The Labute approximate surface area is 137 Å². The molecule has 2 rings (SSSR count). The lowest BCUT2D eigenvalue weighted by Crippen LogP contribution is -2.47. The number of hydrogen-bond donors (Lipinski definition) is 2. The topological polar surface area (TPSA) is 92.0 Å². The van der Waals surface area contributed by atoms with Gasteiger partial charge in [0.1, 0.15) is 12.0 Å². The first kappa shape index (κ1) is 17.9. The van der Waals surface area contributed by atoms with Crippen molar-refractivity contribution in [1.29, 1.82) is 0 Å². The zero-order chi connectivity index (χ0) is 16.8. The lowest BCUT2D eigenvalue weighted by Gasteiger charge is -2.41. The van der Waals surface area contributed by atoms with Crippen LogP contribution in [-0.4, -0.2) is 44.7 Å². The maximum atomic E-state index is 12.5. The van der Waals surface area contributed by atoms with E-state index in [1.165, 1.54) is 6.20 Å². The molecule has 1 saturated carbocycles. The van der Waals surface area contributed by atoms with Crippen LogP contribution in [0.4, 0.5) is 0 Å². The number of hydrogen-bond acceptors (Lipinski definition) is 7. The first-order chi connectivity index (χ1) is 11.1. The summed E-state index contributed by atoms with van der Waals surface area (Å²) in [5, 5.41) is 3.02. The molecule has 7 heteroatoms. The maximum Gasteiger partial charge on any atom is 0.315 e. The van der Waals surface area contributed by atoms with E-state index in [1.807, 2.05) is 13.8 Å². The van der Waals surface area contributed by atoms with Gasteiger partial charge in [0, 0.05) is 19.4 Å². The van der Waals surface area contributed by atoms with Gasteiger partial charge in [-0.2, -0.15) is 0 Å². The van der Waals surface area contributed by atoms with E-state index < -0.39 is 11.2 Å². The molecule has 23 heavy (non-hydrogen) atoms. The molecular weight excluding hydrogens is 300 g/mol. The zero-order valence-electron chi connectivity index (χ0n) is 14.1. The molecule has 1 heterocycles. The van der Waals surface area contributed by atoms with Crippen LogP contribution in [0.15, 0.2) is 12.1 Å². The Morgan fingerprint density at radius 1 is 1.17 bits per heavy atom. The molecule has 2 fully saturated rings. The number of esters is 1. The lowest BCUT2D eigenvalue weighted by molar-refractivity contribution is -0.203. The van der Waals surface area contributed by atoms with Gasteiger partial charge in [-0.1, -0.05) is 0 Å². The second kappa shape index (κ2) is 7.88. The molecule has 1 aliphatic heterocycles. The summed E-state index contributed by atoms with van der Waals surface area (Å²) < 4.78 is 22.5. The van der Waals surface area contributed by atoms with Gasteiger partial charge in [-0.25, -0.2) is 0 Å². The van der Waals surface area contributed by atoms with Crippen LogP contribution in [0.3, 0.4) is 0 Å². The average molecular weight is 328 g/mol. The van der Waals surface area contributed by atoms with Crippen LogP contribution in [0.2, 0.25) is 0 Å². The predicted molar refractivity (Wildman–Crippen MR) is 84.1 cm³/mol. The third kappa shape index (κ3) is 4.09. The zero-order valence-corrected chi connectivity index (χ0v) is 14.1. The Hall–Kier alpha value is -1.47. The molecule has 0 unspecified atom stereocenters. The number of carbonyl (C=O) groups excluding carboxylic acids is 1. The summed E-state index contributed by atoms with van der Waals surface area (Å²) in [6.45, 7) is 6.27. The number of nitrogens with one attached hydrogen (secondary N) is 1. The Kier molecular flexibility index (Phi) is 6.12. The highest BCUT2D eigenvalue weighted by Crippen LogP contribution is 2.45. The fraction of sp³-hybridized carbons (Fsp3) is 0.812. The third-order valence-corrected chi connectivity index (χ3v) is 4.50. The summed E-state index contributed by atoms with van der Waals surface area (Å²) in [7, 11) is 0. The van der Waals surface area contributed by atoms with Crippen molar-refractivity contribution in [3.63, 3.8) is 0 Å². The average Bonchev–Trinajstić information content (AvgIpc) is 3.02.